The fourth-order valence-corrected chi connectivity index (χ4v) is 5.37. The highest BCUT2D eigenvalue weighted by Gasteiger charge is 2.28. The minimum Gasteiger partial charge on any atom is -0.488 e. The molecule has 33 heavy (non-hydrogen) atoms. The molecular weight excluding hydrogens is 432 g/mol. The SMILES string of the molecule is CCN(CC)c1ccc2c(c1)OCC(c1nc3ccccc3s1)=C2c1ccccc1C(=O)O. The van der Waals surface area contributed by atoms with Crippen LogP contribution in [0, 0.1) is 0 Å². The molecule has 1 aromatic heterocycles. The molecule has 0 atom stereocenters. The molecule has 166 valence electrons. The van der Waals surface area contributed by atoms with E-state index in [1.807, 2.05) is 36.4 Å². The summed E-state index contributed by atoms with van der Waals surface area (Å²) in [4.78, 5) is 19.2. The zero-order chi connectivity index (χ0) is 22.9. The van der Waals surface area contributed by atoms with E-state index in [9.17, 15) is 9.90 Å². The van der Waals surface area contributed by atoms with Gasteiger partial charge in [-0.1, -0.05) is 30.3 Å². The number of hydrogen-bond donors (Lipinski definition) is 1. The molecule has 3 aromatic carbocycles. The third kappa shape index (κ3) is 3.76. The second-order valence-corrected chi connectivity index (χ2v) is 8.86. The molecule has 1 aliphatic heterocycles. The standard InChI is InChI=1S/C27H24N2O3S/c1-3-29(4-2)17-13-14-20-23(15-17)32-16-21(26-28-22-11-7-8-12-24(22)33-26)25(20)18-9-5-6-10-19(18)27(30)31/h5-15H,3-4,16H2,1-2H3,(H,30,31). The Bertz CT molecular complexity index is 1350. The van der Waals surface area contributed by atoms with Gasteiger partial charge in [0, 0.05) is 41.6 Å². The lowest BCUT2D eigenvalue weighted by atomic mass is 9.88. The number of benzene rings is 3. The van der Waals surface area contributed by atoms with Crippen LogP contribution in [0.1, 0.15) is 40.3 Å². The number of ether oxygens (including phenoxy) is 1. The maximum Gasteiger partial charge on any atom is 0.336 e. The number of rotatable bonds is 6. The molecule has 1 N–H and O–H groups in total. The molecule has 2 heterocycles. The first-order chi connectivity index (χ1) is 16.1. The van der Waals surface area contributed by atoms with Gasteiger partial charge in [-0.2, -0.15) is 0 Å². The molecule has 0 saturated heterocycles. The Morgan fingerprint density at radius 1 is 1.03 bits per heavy atom. The van der Waals surface area contributed by atoms with Gasteiger partial charge in [0.2, 0.25) is 0 Å². The summed E-state index contributed by atoms with van der Waals surface area (Å²) in [7, 11) is 0. The second-order valence-electron chi connectivity index (χ2n) is 7.83. The zero-order valence-corrected chi connectivity index (χ0v) is 19.4. The van der Waals surface area contributed by atoms with Crippen molar-refractivity contribution in [2.24, 2.45) is 0 Å². The zero-order valence-electron chi connectivity index (χ0n) is 18.5. The number of nitrogens with zero attached hydrogens (tertiary/aromatic N) is 2. The number of carboxylic acids is 1. The highest BCUT2D eigenvalue weighted by molar-refractivity contribution is 7.19. The number of fused-ring (bicyclic) bond motifs is 2. The highest BCUT2D eigenvalue weighted by Crippen LogP contribution is 2.44. The lowest BCUT2D eigenvalue weighted by Gasteiger charge is -2.27. The maximum atomic E-state index is 12.1. The predicted molar refractivity (Wildman–Crippen MR) is 134 cm³/mol. The molecule has 0 spiro atoms. The Morgan fingerprint density at radius 2 is 1.79 bits per heavy atom. The van der Waals surface area contributed by atoms with Crippen LogP contribution in [0.2, 0.25) is 0 Å². The quantitative estimate of drug-likeness (QED) is 0.375. The largest absolute Gasteiger partial charge is 0.488 e. The second kappa shape index (κ2) is 8.71. The van der Waals surface area contributed by atoms with E-state index in [4.69, 9.17) is 9.72 Å². The van der Waals surface area contributed by atoms with Gasteiger partial charge in [-0.25, -0.2) is 9.78 Å². The molecule has 0 saturated carbocycles. The van der Waals surface area contributed by atoms with Gasteiger partial charge in [0.05, 0.1) is 15.8 Å². The molecule has 0 fully saturated rings. The number of para-hydroxylation sites is 1. The number of aromatic nitrogens is 1. The average molecular weight is 457 g/mol. The molecule has 0 bridgehead atoms. The minimum absolute atomic E-state index is 0.270. The molecule has 4 aromatic rings. The molecular formula is C27H24N2O3S. The van der Waals surface area contributed by atoms with Crippen molar-refractivity contribution in [2.45, 2.75) is 13.8 Å². The fourth-order valence-electron chi connectivity index (χ4n) is 4.37. The molecule has 0 radical (unpaired) electrons. The number of hydrogen-bond acceptors (Lipinski definition) is 5. The molecule has 0 unspecified atom stereocenters. The van der Waals surface area contributed by atoms with Crippen molar-refractivity contribution in [1.82, 2.24) is 4.98 Å². The number of aromatic carboxylic acids is 1. The summed E-state index contributed by atoms with van der Waals surface area (Å²) in [6.07, 6.45) is 0. The maximum absolute atomic E-state index is 12.1. The summed E-state index contributed by atoms with van der Waals surface area (Å²) >= 11 is 1.60. The molecule has 1 aliphatic rings. The van der Waals surface area contributed by atoms with Gasteiger partial charge in [0.25, 0.3) is 0 Å². The first-order valence-electron chi connectivity index (χ1n) is 11.0. The van der Waals surface area contributed by atoms with E-state index in [2.05, 4.69) is 36.9 Å². The van der Waals surface area contributed by atoms with E-state index in [0.717, 1.165) is 56.5 Å². The summed E-state index contributed by atoms with van der Waals surface area (Å²) in [5.41, 5.74) is 5.64. The number of anilines is 1. The van der Waals surface area contributed by atoms with Crippen LogP contribution >= 0.6 is 11.3 Å². The van der Waals surface area contributed by atoms with Gasteiger partial charge >= 0.3 is 5.97 Å². The van der Waals surface area contributed by atoms with Crippen LogP contribution < -0.4 is 9.64 Å². The van der Waals surface area contributed by atoms with Crippen molar-refractivity contribution in [3.05, 3.63) is 88.4 Å². The van der Waals surface area contributed by atoms with Crippen molar-refractivity contribution in [3.63, 3.8) is 0 Å². The van der Waals surface area contributed by atoms with E-state index in [1.54, 1.807) is 23.5 Å². The molecule has 0 aliphatic carbocycles. The highest BCUT2D eigenvalue weighted by atomic mass is 32.1. The van der Waals surface area contributed by atoms with Crippen LogP contribution in [0.15, 0.2) is 66.7 Å². The van der Waals surface area contributed by atoms with E-state index < -0.39 is 5.97 Å². The van der Waals surface area contributed by atoms with Gasteiger partial charge in [0.15, 0.2) is 0 Å². The van der Waals surface area contributed by atoms with Crippen LogP contribution in [0.5, 0.6) is 5.75 Å². The van der Waals surface area contributed by atoms with Gasteiger partial charge < -0.3 is 14.7 Å². The summed E-state index contributed by atoms with van der Waals surface area (Å²) < 4.78 is 7.34. The Labute approximate surface area is 196 Å². The van der Waals surface area contributed by atoms with Gasteiger partial charge in [0.1, 0.15) is 17.4 Å². The first-order valence-corrected chi connectivity index (χ1v) is 11.9. The Hall–Kier alpha value is -3.64. The third-order valence-electron chi connectivity index (χ3n) is 6.02. The number of carbonyl (C=O) groups is 1. The Morgan fingerprint density at radius 3 is 2.55 bits per heavy atom. The van der Waals surface area contributed by atoms with Gasteiger partial charge in [-0.15, -0.1) is 11.3 Å². The van der Waals surface area contributed by atoms with Crippen LogP contribution in [-0.4, -0.2) is 35.8 Å². The van der Waals surface area contributed by atoms with E-state index >= 15 is 0 Å². The third-order valence-corrected chi connectivity index (χ3v) is 7.11. The molecule has 0 amide bonds. The lowest BCUT2D eigenvalue weighted by Crippen LogP contribution is -2.22. The fraction of sp³-hybridized carbons (Fsp3) is 0.185. The first kappa shape index (κ1) is 21.2. The summed E-state index contributed by atoms with van der Waals surface area (Å²) in [5.74, 6) is -0.186. The van der Waals surface area contributed by atoms with Crippen LogP contribution in [0.3, 0.4) is 0 Å². The lowest BCUT2D eigenvalue weighted by molar-refractivity contribution is 0.0696. The van der Waals surface area contributed by atoms with Gasteiger partial charge in [-0.05, 0) is 49.7 Å². The smallest absolute Gasteiger partial charge is 0.336 e. The molecule has 6 heteroatoms. The van der Waals surface area contributed by atoms with E-state index in [0.29, 0.717) is 12.2 Å². The van der Waals surface area contributed by atoms with Crippen molar-refractivity contribution in [2.75, 3.05) is 24.6 Å². The van der Waals surface area contributed by atoms with Crippen LogP contribution in [-0.2, 0) is 0 Å². The number of carboxylic acid groups (broad SMARTS) is 1. The molecule has 5 rings (SSSR count). The van der Waals surface area contributed by atoms with Crippen molar-refractivity contribution >= 4 is 44.4 Å². The van der Waals surface area contributed by atoms with Crippen molar-refractivity contribution in [3.8, 4) is 5.75 Å². The van der Waals surface area contributed by atoms with Crippen LogP contribution in [0.25, 0.3) is 21.4 Å². The predicted octanol–water partition coefficient (Wildman–Crippen LogP) is 6.19. The number of thiazole rings is 1. The van der Waals surface area contributed by atoms with Crippen LogP contribution in [0.4, 0.5) is 5.69 Å². The summed E-state index contributed by atoms with van der Waals surface area (Å²) in [5, 5.41) is 10.8. The van der Waals surface area contributed by atoms with E-state index in [1.165, 1.54) is 0 Å². The average Bonchev–Trinajstić information content (AvgIpc) is 3.28. The van der Waals surface area contributed by atoms with Crippen molar-refractivity contribution < 1.29 is 14.6 Å². The normalized spacial score (nSPS) is 13.0. The van der Waals surface area contributed by atoms with Crippen molar-refractivity contribution in [1.29, 1.82) is 0 Å². The summed E-state index contributed by atoms with van der Waals surface area (Å²) in [6, 6.07) is 21.4. The van der Waals surface area contributed by atoms with Gasteiger partial charge in [-0.3, -0.25) is 0 Å². The summed E-state index contributed by atoms with van der Waals surface area (Å²) in [6.45, 7) is 6.39. The monoisotopic (exact) mass is 456 g/mol. The Kier molecular flexibility index (Phi) is 5.60. The topological polar surface area (TPSA) is 62.7 Å². The van der Waals surface area contributed by atoms with E-state index in [-0.39, 0.29) is 5.56 Å². The Balaban J connectivity index is 1.77. The minimum atomic E-state index is -0.949. The molecule has 5 nitrogen and oxygen atoms in total.